The molecule has 104 valence electrons. The van der Waals surface area contributed by atoms with Crippen LogP contribution in [0.15, 0.2) is 28.7 Å². The van der Waals surface area contributed by atoms with E-state index in [-0.39, 0.29) is 12.5 Å². The molecular formula is C14H19BrN2O2. The number of benzene rings is 1. The molecule has 4 nitrogen and oxygen atoms in total. The minimum atomic E-state index is 0.0818. The van der Waals surface area contributed by atoms with Gasteiger partial charge in [-0.15, -0.1) is 0 Å². The van der Waals surface area contributed by atoms with Gasteiger partial charge < -0.3 is 10.0 Å². The fourth-order valence-electron chi connectivity index (χ4n) is 2.34. The number of aliphatic hydroxyl groups excluding tert-OH is 1. The van der Waals surface area contributed by atoms with E-state index >= 15 is 0 Å². The van der Waals surface area contributed by atoms with Gasteiger partial charge in [-0.2, -0.15) is 0 Å². The quantitative estimate of drug-likeness (QED) is 0.917. The molecule has 0 aromatic heterocycles. The standard InChI is InChI=1S/C14H19BrN2O2/c15-13-5-2-1-4-12(13)14(19)17-7-3-6-16(8-9-17)10-11-18/h1-2,4-5,18H,3,6-11H2. The summed E-state index contributed by atoms with van der Waals surface area (Å²) in [6, 6.07) is 7.53. The van der Waals surface area contributed by atoms with Crippen molar-refractivity contribution in [2.24, 2.45) is 0 Å². The average Bonchev–Trinajstić information content (AvgIpc) is 2.65. The van der Waals surface area contributed by atoms with Gasteiger partial charge in [-0.05, 0) is 41.0 Å². The summed E-state index contributed by atoms with van der Waals surface area (Å²) in [5.41, 5.74) is 0.720. The van der Waals surface area contributed by atoms with Crippen LogP contribution < -0.4 is 0 Å². The van der Waals surface area contributed by atoms with Gasteiger partial charge >= 0.3 is 0 Å². The zero-order valence-corrected chi connectivity index (χ0v) is 12.5. The van der Waals surface area contributed by atoms with Crippen LogP contribution in [0.25, 0.3) is 0 Å². The van der Waals surface area contributed by atoms with E-state index in [2.05, 4.69) is 20.8 Å². The lowest BCUT2D eigenvalue weighted by atomic mass is 10.2. The minimum Gasteiger partial charge on any atom is -0.395 e. The summed E-state index contributed by atoms with van der Waals surface area (Å²) < 4.78 is 0.844. The first-order chi connectivity index (χ1) is 9.22. The lowest BCUT2D eigenvalue weighted by Crippen LogP contribution is -2.36. The second-order valence-corrected chi connectivity index (χ2v) is 5.55. The van der Waals surface area contributed by atoms with Crippen molar-refractivity contribution in [3.05, 3.63) is 34.3 Å². The number of halogens is 1. The monoisotopic (exact) mass is 326 g/mol. The highest BCUT2D eigenvalue weighted by molar-refractivity contribution is 9.10. The first-order valence-corrected chi connectivity index (χ1v) is 7.38. The lowest BCUT2D eigenvalue weighted by molar-refractivity contribution is 0.0759. The number of aliphatic hydroxyl groups is 1. The minimum absolute atomic E-state index is 0.0818. The van der Waals surface area contributed by atoms with Gasteiger partial charge in [0.1, 0.15) is 0 Å². The van der Waals surface area contributed by atoms with Crippen molar-refractivity contribution in [2.45, 2.75) is 6.42 Å². The molecular weight excluding hydrogens is 308 g/mol. The zero-order valence-electron chi connectivity index (χ0n) is 10.9. The van der Waals surface area contributed by atoms with Crippen molar-refractivity contribution in [3.63, 3.8) is 0 Å². The molecule has 0 spiro atoms. The van der Waals surface area contributed by atoms with Crippen molar-refractivity contribution >= 4 is 21.8 Å². The number of carbonyl (C=O) groups excluding carboxylic acids is 1. The summed E-state index contributed by atoms with van der Waals surface area (Å²) >= 11 is 3.43. The van der Waals surface area contributed by atoms with Gasteiger partial charge in [0.15, 0.2) is 0 Å². The second kappa shape index (κ2) is 7.03. The lowest BCUT2D eigenvalue weighted by Gasteiger charge is -2.22. The van der Waals surface area contributed by atoms with Crippen LogP contribution >= 0.6 is 15.9 Å². The van der Waals surface area contributed by atoms with Gasteiger partial charge in [0.2, 0.25) is 0 Å². The van der Waals surface area contributed by atoms with Crippen molar-refractivity contribution in [1.82, 2.24) is 9.80 Å². The van der Waals surface area contributed by atoms with Crippen molar-refractivity contribution in [2.75, 3.05) is 39.3 Å². The third-order valence-corrected chi connectivity index (χ3v) is 4.09. The Balaban J connectivity index is 2.02. The van der Waals surface area contributed by atoms with Crippen molar-refractivity contribution in [1.29, 1.82) is 0 Å². The topological polar surface area (TPSA) is 43.8 Å². The Morgan fingerprint density at radius 2 is 2.00 bits per heavy atom. The molecule has 1 fully saturated rings. The summed E-state index contributed by atoms with van der Waals surface area (Å²) in [4.78, 5) is 16.6. The van der Waals surface area contributed by atoms with Gasteiger partial charge in [-0.3, -0.25) is 9.69 Å². The molecule has 1 saturated heterocycles. The maximum absolute atomic E-state index is 12.5. The van der Waals surface area contributed by atoms with Gasteiger partial charge in [-0.25, -0.2) is 0 Å². The van der Waals surface area contributed by atoms with Crippen LogP contribution in [0.3, 0.4) is 0 Å². The Labute approximate surface area is 122 Å². The SMILES string of the molecule is O=C(c1ccccc1Br)N1CCCN(CCO)CC1. The van der Waals surface area contributed by atoms with E-state index in [1.165, 1.54) is 0 Å². The van der Waals surface area contributed by atoms with Gasteiger partial charge in [-0.1, -0.05) is 12.1 Å². The van der Waals surface area contributed by atoms with Crippen LogP contribution in [0.4, 0.5) is 0 Å². The van der Waals surface area contributed by atoms with E-state index in [0.29, 0.717) is 6.54 Å². The van der Waals surface area contributed by atoms with Crippen LogP contribution in [-0.4, -0.2) is 60.1 Å². The Morgan fingerprint density at radius 1 is 1.21 bits per heavy atom. The molecule has 0 atom stereocenters. The Morgan fingerprint density at radius 3 is 2.74 bits per heavy atom. The predicted octanol–water partition coefficient (Wildman–Crippen LogP) is 1.59. The molecule has 0 saturated carbocycles. The van der Waals surface area contributed by atoms with E-state index in [0.717, 1.165) is 42.6 Å². The molecule has 5 heteroatoms. The summed E-state index contributed by atoms with van der Waals surface area (Å²) in [7, 11) is 0. The summed E-state index contributed by atoms with van der Waals surface area (Å²) in [6.45, 7) is 4.15. The fourth-order valence-corrected chi connectivity index (χ4v) is 2.80. The first kappa shape index (κ1) is 14.5. The van der Waals surface area contributed by atoms with Crippen LogP contribution in [-0.2, 0) is 0 Å². The number of carbonyl (C=O) groups is 1. The summed E-state index contributed by atoms with van der Waals surface area (Å²) in [5.74, 6) is 0.0818. The summed E-state index contributed by atoms with van der Waals surface area (Å²) in [6.07, 6.45) is 0.955. The molecule has 19 heavy (non-hydrogen) atoms. The second-order valence-electron chi connectivity index (χ2n) is 4.69. The molecule has 1 aliphatic rings. The highest BCUT2D eigenvalue weighted by atomic mass is 79.9. The molecule has 1 N–H and O–H groups in total. The number of β-amino-alcohol motifs (C(OH)–C–C–N with tert-alkyl or cyclic N) is 1. The first-order valence-electron chi connectivity index (χ1n) is 6.59. The molecule has 0 radical (unpaired) electrons. The Hall–Kier alpha value is -0.910. The van der Waals surface area contributed by atoms with E-state index < -0.39 is 0 Å². The molecule has 2 rings (SSSR count). The highest BCUT2D eigenvalue weighted by Gasteiger charge is 2.21. The number of amides is 1. The number of nitrogens with zero attached hydrogens (tertiary/aromatic N) is 2. The predicted molar refractivity (Wildman–Crippen MR) is 78.2 cm³/mol. The molecule has 1 aliphatic heterocycles. The molecule has 1 aromatic rings. The molecule has 0 aliphatic carbocycles. The Bertz CT molecular complexity index is 439. The van der Waals surface area contributed by atoms with Gasteiger partial charge in [0, 0.05) is 30.7 Å². The van der Waals surface area contributed by atoms with Crippen LogP contribution in [0.2, 0.25) is 0 Å². The molecule has 1 heterocycles. The van der Waals surface area contributed by atoms with Crippen molar-refractivity contribution < 1.29 is 9.90 Å². The average molecular weight is 327 g/mol. The van der Waals surface area contributed by atoms with E-state index in [1.807, 2.05) is 29.2 Å². The maximum atomic E-state index is 12.5. The summed E-state index contributed by atoms with van der Waals surface area (Å²) in [5, 5.41) is 8.97. The number of hydrogen-bond donors (Lipinski definition) is 1. The van der Waals surface area contributed by atoms with Crippen LogP contribution in [0, 0.1) is 0 Å². The number of rotatable bonds is 3. The normalized spacial score (nSPS) is 17.3. The van der Waals surface area contributed by atoms with E-state index in [9.17, 15) is 4.79 Å². The highest BCUT2D eigenvalue weighted by Crippen LogP contribution is 2.18. The number of hydrogen-bond acceptors (Lipinski definition) is 3. The van der Waals surface area contributed by atoms with E-state index in [1.54, 1.807) is 0 Å². The maximum Gasteiger partial charge on any atom is 0.255 e. The molecule has 1 aromatic carbocycles. The Kier molecular flexibility index (Phi) is 5.36. The van der Waals surface area contributed by atoms with E-state index in [4.69, 9.17) is 5.11 Å². The van der Waals surface area contributed by atoms with Gasteiger partial charge in [0.05, 0.1) is 12.2 Å². The molecule has 0 unspecified atom stereocenters. The van der Waals surface area contributed by atoms with Crippen LogP contribution in [0.1, 0.15) is 16.8 Å². The smallest absolute Gasteiger partial charge is 0.255 e. The molecule has 1 amide bonds. The van der Waals surface area contributed by atoms with Crippen LogP contribution in [0.5, 0.6) is 0 Å². The zero-order chi connectivity index (χ0) is 13.7. The molecule has 0 bridgehead atoms. The fraction of sp³-hybridized carbons (Fsp3) is 0.500. The largest absolute Gasteiger partial charge is 0.395 e. The third kappa shape index (κ3) is 3.78. The van der Waals surface area contributed by atoms with Crippen molar-refractivity contribution in [3.8, 4) is 0 Å². The van der Waals surface area contributed by atoms with Gasteiger partial charge in [0.25, 0.3) is 5.91 Å². The third-order valence-electron chi connectivity index (χ3n) is 3.40.